The van der Waals surface area contributed by atoms with Gasteiger partial charge in [-0.1, -0.05) is 12.1 Å². The van der Waals surface area contributed by atoms with Crippen molar-refractivity contribution >= 4 is 23.8 Å². The number of rotatable bonds is 5. The van der Waals surface area contributed by atoms with Crippen molar-refractivity contribution in [1.29, 1.82) is 0 Å². The van der Waals surface area contributed by atoms with E-state index in [1.165, 1.54) is 13.3 Å². The van der Waals surface area contributed by atoms with Crippen LogP contribution in [0.15, 0.2) is 53.6 Å². The molecule has 2 rings (SSSR count). The van der Waals surface area contributed by atoms with Gasteiger partial charge in [-0.15, -0.1) is 0 Å². The van der Waals surface area contributed by atoms with Crippen LogP contribution in [0.4, 0.5) is 5.69 Å². The summed E-state index contributed by atoms with van der Waals surface area (Å²) >= 11 is 0. The Bertz CT molecular complexity index is 735. The second kappa shape index (κ2) is 7.92. The van der Waals surface area contributed by atoms with Crippen molar-refractivity contribution < 1.29 is 14.3 Å². The summed E-state index contributed by atoms with van der Waals surface area (Å²) in [6.45, 7) is 0. The summed E-state index contributed by atoms with van der Waals surface area (Å²) in [5.74, 6) is -0.685. The maximum Gasteiger partial charge on any atom is 0.337 e. The first kappa shape index (κ1) is 17.2. The smallest absolute Gasteiger partial charge is 0.337 e. The molecule has 0 radical (unpaired) electrons. The van der Waals surface area contributed by atoms with E-state index >= 15 is 0 Å². The molecule has 0 fully saturated rings. The molecule has 0 saturated heterocycles. The minimum Gasteiger partial charge on any atom is -0.465 e. The Labute approximate surface area is 140 Å². The van der Waals surface area contributed by atoms with Crippen molar-refractivity contribution in [1.82, 2.24) is 5.43 Å². The Balaban J connectivity index is 1.95. The lowest BCUT2D eigenvalue weighted by molar-refractivity contribution is 0.0600. The average molecular weight is 325 g/mol. The van der Waals surface area contributed by atoms with Gasteiger partial charge in [-0.05, 0) is 42.0 Å². The van der Waals surface area contributed by atoms with Gasteiger partial charge in [0.15, 0.2) is 0 Å². The molecule has 24 heavy (non-hydrogen) atoms. The Morgan fingerprint density at radius 2 is 1.58 bits per heavy atom. The van der Waals surface area contributed by atoms with E-state index in [1.807, 2.05) is 31.1 Å². The Morgan fingerprint density at radius 3 is 2.12 bits per heavy atom. The highest BCUT2D eigenvalue weighted by molar-refractivity contribution is 5.95. The summed E-state index contributed by atoms with van der Waals surface area (Å²) in [6.07, 6.45) is 1.51. The van der Waals surface area contributed by atoms with Gasteiger partial charge in [-0.25, -0.2) is 10.2 Å². The number of anilines is 1. The van der Waals surface area contributed by atoms with Crippen molar-refractivity contribution in [2.45, 2.75) is 0 Å². The van der Waals surface area contributed by atoms with Crippen LogP contribution in [0.3, 0.4) is 0 Å². The molecule has 0 unspecified atom stereocenters. The summed E-state index contributed by atoms with van der Waals surface area (Å²) in [5, 5.41) is 3.92. The van der Waals surface area contributed by atoms with E-state index in [1.54, 1.807) is 36.4 Å². The number of methoxy groups -OCH3 is 1. The maximum atomic E-state index is 12.0. The lowest BCUT2D eigenvalue weighted by Gasteiger charge is -2.12. The summed E-state index contributed by atoms with van der Waals surface area (Å²) in [5.41, 5.74) is 5.22. The zero-order valence-electron chi connectivity index (χ0n) is 13.8. The van der Waals surface area contributed by atoms with Crippen LogP contribution in [0, 0.1) is 0 Å². The molecule has 2 aromatic rings. The van der Waals surface area contributed by atoms with Crippen LogP contribution in [0.2, 0.25) is 0 Å². The molecule has 2 aromatic carbocycles. The zero-order valence-corrected chi connectivity index (χ0v) is 13.8. The molecular formula is C18H19N3O3. The highest BCUT2D eigenvalue weighted by atomic mass is 16.5. The normalized spacial score (nSPS) is 10.5. The van der Waals surface area contributed by atoms with E-state index in [2.05, 4.69) is 15.3 Å². The van der Waals surface area contributed by atoms with Gasteiger partial charge in [0.1, 0.15) is 0 Å². The van der Waals surface area contributed by atoms with Gasteiger partial charge >= 0.3 is 5.97 Å². The number of amides is 1. The predicted octanol–water partition coefficient (Wildman–Crippen LogP) is 2.30. The molecule has 0 aliphatic heterocycles. The fourth-order valence-corrected chi connectivity index (χ4v) is 1.96. The van der Waals surface area contributed by atoms with E-state index in [0.29, 0.717) is 11.1 Å². The van der Waals surface area contributed by atoms with Crippen LogP contribution in [-0.2, 0) is 4.74 Å². The second-order valence-corrected chi connectivity index (χ2v) is 5.25. The van der Waals surface area contributed by atoms with Gasteiger partial charge in [0.2, 0.25) is 0 Å². The molecule has 1 amide bonds. The standard InChI is InChI=1S/C18H19N3O3/c1-21(2)16-10-8-14(9-11-16)17(22)20-19-12-13-4-6-15(7-5-13)18(23)24-3/h4-12H,1-3H3,(H,20,22)/b19-12+. The predicted molar refractivity (Wildman–Crippen MR) is 93.6 cm³/mol. The van der Waals surface area contributed by atoms with Gasteiger partial charge in [-0.3, -0.25) is 4.79 Å². The molecule has 6 heteroatoms. The lowest BCUT2D eigenvalue weighted by Crippen LogP contribution is -2.18. The SMILES string of the molecule is COC(=O)c1ccc(/C=N/NC(=O)c2ccc(N(C)C)cc2)cc1. The monoisotopic (exact) mass is 325 g/mol. The highest BCUT2D eigenvalue weighted by Crippen LogP contribution is 2.12. The molecular weight excluding hydrogens is 306 g/mol. The van der Waals surface area contributed by atoms with Crippen LogP contribution in [0.1, 0.15) is 26.3 Å². The van der Waals surface area contributed by atoms with Gasteiger partial charge in [0.05, 0.1) is 18.9 Å². The Kier molecular flexibility index (Phi) is 5.68. The summed E-state index contributed by atoms with van der Waals surface area (Å²) in [7, 11) is 5.20. The first-order valence-electron chi connectivity index (χ1n) is 7.30. The number of carbonyl (C=O) groups is 2. The Morgan fingerprint density at radius 1 is 1.00 bits per heavy atom. The number of ether oxygens (including phenoxy) is 1. The van der Waals surface area contributed by atoms with Crippen molar-refractivity contribution in [3.05, 3.63) is 65.2 Å². The largest absolute Gasteiger partial charge is 0.465 e. The molecule has 124 valence electrons. The third-order valence-corrected chi connectivity index (χ3v) is 3.36. The quantitative estimate of drug-likeness (QED) is 0.520. The summed E-state index contributed by atoms with van der Waals surface area (Å²) in [6, 6.07) is 13.9. The molecule has 6 nitrogen and oxygen atoms in total. The van der Waals surface area contributed by atoms with Crippen molar-refractivity contribution in [3.8, 4) is 0 Å². The first-order chi connectivity index (χ1) is 11.5. The molecule has 0 saturated carbocycles. The number of esters is 1. The number of nitrogens with zero attached hydrogens (tertiary/aromatic N) is 2. The average Bonchev–Trinajstić information content (AvgIpc) is 2.61. The van der Waals surface area contributed by atoms with Gasteiger partial charge in [-0.2, -0.15) is 5.10 Å². The molecule has 0 spiro atoms. The number of benzene rings is 2. The molecule has 0 aliphatic carbocycles. The number of hydrogen-bond acceptors (Lipinski definition) is 5. The van der Waals surface area contributed by atoms with E-state index in [9.17, 15) is 9.59 Å². The first-order valence-corrected chi connectivity index (χ1v) is 7.30. The van der Waals surface area contributed by atoms with E-state index < -0.39 is 5.97 Å². The van der Waals surface area contributed by atoms with Crippen LogP contribution < -0.4 is 10.3 Å². The molecule has 0 heterocycles. The second-order valence-electron chi connectivity index (χ2n) is 5.25. The number of hydrazone groups is 1. The van der Waals surface area contributed by atoms with E-state index in [0.717, 1.165) is 11.3 Å². The molecule has 0 bridgehead atoms. The molecule has 0 atom stereocenters. The maximum absolute atomic E-state index is 12.0. The topological polar surface area (TPSA) is 71.0 Å². The van der Waals surface area contributed by atoms with Crippen molar-refractivity contribution in [2.24, 2.45) is 5.10 Å². The molecule has 0 aromatic heterocycles. The Hall–Kier alpha value is -3.15. The number of nitrogens with one attached hydrogen (secondary N) is 1. The number of carbonyl (C=O) groups excluding carboxylic acids is 2. The third-order valence-electron chi connectivity index (χ3n) is 3.36. The zero-order chi connectivity index (χ0) is 17.5. The van der Waals surface area contributed by atoms with Crippen LogP contribution in [-0.4, -0.2) is 39.3 Å². The van der Waals surface area contributed by atoms with E-state index in [-0.39, 0.29) is 5.91 Å². The van der Waals surface area contributed by atoms with Crippen LogP contribution >= 0.6 is 0 Å². The van der Waals surface area contributed by atoms with Gasteiger partial charge in [0, 0.05) is 25.3 Å². The van der Waals surface area contributed by atoms with Gasteiger partial charge in [0.25, 0.3) is 5.91 Å². The van der Waals surface area contributed by atoms with Crippen molar-refractivity contribution in [2.75, 3.05) is 26.1 Å². The van der Waals surface area contributed by atoms with Crippen LogP contribution in [0.5, 0.6) is 0 Å². The fraction of sp³-hybridized carbons (Fsp3) is 0.167. The summed E-state index contributed by atoms with van der Waals surface area (Å²) < 4.78 is 4.63. The van der Waals surface area contributed by atoms with Crippen LogP contribution in [0.25, 0.3) is 0 Å². The van der Waals surface area contributed by atoms with Crippen molar-refractivity contribution in [3.63, 3.8) is 0 Å². The summed E-state index contributed by atoms with van der Waals surface area (Å²) in [4.78, 5) is 25.3. The number of hydrogen-bond donors (Lipinski definition) is 1. The third kappa shape index (κ3) is 4.42. The minimum atomic E-state index is -0.395. The highest BCUT2D eigenvalue weighted by Gasteiger charge is 2.05. The van der Waals surface area contributed by atoms with E-state index in [4.69, 9.17) is 0 Å². The molecule has 0 aliphatic rings. The fourth-order valence-electron chi connectivity index (χ4n) is 1.96. The van der Waals surface area contributed by atoms with Gasteiger partial charge < -0.3 is 9.64 Å². The minimum absolute atomic E-state index is 0.289. The molecule has 1 N–H and O–H groups in total. The lowest BCUT2D eigenvalue weighted by atomic mass is 10.1.